The number of pyridine rings is 1. The number of ether oxygens (including phenoxy) is 1. The van der Waals surface area contributed by atoms with Crippen molar-refractivity contribution in [1.82, 2.24) is 9.88 Å². The zero-order chi connectivity index (χ0) is 23.1. The number of hydrogen-bond acceptors (Lipinski definition) is 4. The molecule has 5 heteroatoms. The summed E-state index contributed by atoms with van der Waals surface area (Å²) in [6, 6.07) is 22.7. The molecule has 1 aromatic heterocycles. The summed E-state index contributed by atoms with van der Waals surface area (Å²) in [5.41, 5.74) is 7.29. The lowest BCUT2D eigenvalue weighted by atomic mass is 9.83. The van der Waals surface area contributed by atoms with Crippen molar-refractivity contribution in [3.8, 4) is 17.2 Å². The lowest BCUT2D eigenvalue weighted by molar-refractivity contribution is 0.0538. The summed E-state index contributed by atoms with van der Waals surface area (Å²) in [4.78, 5) is 19.8. The molecule has 2 aliphatic heterocycles. The second-order valence-corrected chi connectivity index (χ2v) is 9.27. The zero-order valence-electron chi connectivity index (χ0n) is 18.9. The fourth-order valence-corrected chi connectivity index (χ4v) is 5.91. The molecule has 1 fully saturated rings. The van der Waals surface area contributed by atoms with Crippen molar-refractivity contribution >= 4 is 11.7 Å². The molecular weight excluding hydrogens is 422 g/mol. The van der Waals surface area contributed by atoms with E-state index in [0.29, 0.717) is 18.6 Å². The number of benzene rings is 2. The van der Waals surface area contributed by atoms with Gasteiger partial charge in [0.1, 0.15) is 12.7 Å². The van der Waals surface area contributed by atoms with Crippen molar-refractivity contribution in [2.75, 3.05) is 6.61 Å². The van der Waals surface area contributed by atoms with Crippen molar-refractivity contribution in [1.29, 1.82) is 5.26 Å². The Morgan fingerprint density at radius 2 is 1.76 bits per heavy atom. The Bertz CT molecular complexity index is 1290. The predicted octanol–water partition coefficient (Wildman–Crippen LogP) is 5.91. The van der Waals surface area contributed by atoms with Gasteiger partial charge in [0.05, 0.1) is 17.3 Å². The standard InChI is InChI=1S/C29H25N3O2/c30-17-19-7-6-14-31-28(19)20-15-21-8-5-9-22(16-20)32(21)29(33)34-18-27-25-12-3-1-10-23(25)24-11-2-4-13-26(24)27/h1-4,6-7,10-15,21-22,27H,5,8-9,16,18H2. The van der Waals surface area contributed by atoms with Crippen LogP contribution in [0.5, 0.6) is 0 Å². The summed E-state index contributed by atoms with van der Waals surface area (Å²) in [7, 11) is 0. The third-order valence-electron chi connectivity index (χ3n) is 7.42. The van der Waals surface area contributed by atoms with E-state index in [1.54, 1.807) is 18.3 Å². The summed E-state index contributed by atoms with van der Waals surface area (Å²) in [6.45, 7) is 0.332. The van der Waals surface area contributed by atoms with E-state index in [9.17, 15) is 10.1 Å². The molecule has 2 atom stereocenters. The molecule has 2 unspecified atom stereocenters. The molecule has 1 amide bonds. The molecule has 0 radical (unpaired) electrons. The fraction of sp³-hybridized carbons (Fsp3) is 0.276. The molecule has 168 valence electrons. The summed E-state index contributed by atoms with van der Waals surface area (Å²) in [5, 5.41) is 9.50. The van der Waals surface area contributed by atoms with Gasteiger partial charge in [-0.2, -0.15) is 5.26 Å². The number of carbonyl (C=O) groups excluding carboxylic acids is 1. The van der Waals surface area contributed by atoms with Gasteiger partial charge in [-0.05, 0) is 65.6 Å². The number of amides is 1. The molecule has 1 saturated heterocycles. The van der Waals surface area contributed by atoms with Gasteiger partial charge in [0.25, 0.3) is 0 Å². The molecule has 2 aromatic carbocycles. The summed E-state index contributed by atoms with van der Waals surface area (Å²) < 4.78 is 5.99. The minimum absolute atomic E-state index is 0.0216. The maximum absolute atomic E-state index is 13.4. The maximum atomic E-state index is 13.4. The van der Waals surface area contributed by atoms with Gasteiger partial charge in [-0.25, -0.2) is 4.79 Å². The number of fused-ring (bicyclic) bond motifs is 5. The van der Waals surface area contributed by atoms with E-state index in [2.05, 4.69) is 53.5 Å². The van der Waals surface area contributed by atoms with Crippen LogP contribution in [-0.2, 0) is 4.74 Å². The Balaban J connectivity index is 1.23. The van der Waals surface area contributed by atoms with Crippen LogP contribution in [0.3, 0.4) is 0 Å². The number of rotatable bonds is 3. The van der Waals surface area contributed by atoms with Crippen LogP contribution < -0.4 is 0 Å². The van der Waals surface area contributed by atoms with Gasteiger partial charge < -0.3 is 4.74 Å². The highest BCUT2D eigenvalue weighted by molar-refractivity contribution is 5.79. The lowest BCUT2D eigenvalue weighted by Crippen LogP contribution is -2.52. The van der Waals surface area contributed by atoms with Gasteiger partial charge >= 0.3 is 6.09 Å². The van der Waals surface area contributed by atoms with E-state index in [1.165, 1.54) is 22.3 Å². The molecule has 6 rings (SSSR count). The van der Waals surface area contributed by atoms with Crippen LogP contribution in [-0.4, -0.2) is 34.7 Å². The average molecular weight is 448 g/mol. The minimum Gasteiger partial charge on any atom is -0.448 e. The Labute approximate surface area is 199 Å². The van der Waals surface area contributed by atoms with Crippen molar-refractivity contribution in [2.24, 2.45) is 0 Å². The van der Waals surface area contributed by atoms with E-state index < -0.39 is 0 Å². The quantitative estimate of drug-likeness (QED) is 0.500. The summed E-state index contributed by atoms with van der Waals surface area (Å²) in [6.07, 6.45) is 7.23. The number of nitrogens with zero attached hydrogens (tertiary/aromatic N) is 3. The number of piperidine rings is 1. The molecule has 1 aliphatic carbocycles. The molecule has 2 bridgehead atoms. The monoisotopic (exact) mass is 447 g/mol. The van der Waals surface area contributed by atoms with Crippen LogP contribution in [0, 0.1) is 11.3 Å². The fourth-order valence-electron chi connectivity index (χ4n) is 5.91. The SMILES string of the molecule is N#Cc1cccnc1C1=CC2CCCC(C1)N2C(=O)OCC1c2ccccc2-c2ccccc21. The van der Waals surface area contributed by atoms with Crippen LogP contribution in [0.4, 0.5) is 4.79 Å². The van der Waals surface area contributed by atoms with E-state index in [0.717, 1.165) is 30.5 Å². The molecule has 3 aromatic rings. The Hall–Kier alpha value is -3.91. The number of aromatic nitrogens is 1. The third-order valence-corrected chi connectivity index (χ3v) is 7.42. The zero-order valence-corrected chi connectivity index (χ0v) is 18.9. The molecule has 0 spiro atoms. The molecule has 0 N–H and O–H groups in total. The van der Waals surface area contributed by atoms with Crippen LogP contribution in [0.15, 0.2) is 72.9 Å². The Morgan fingerprint density at radius 1 is 1.03 bits per heavy atom. The molecule has 5 nitrogen and oxygen atoms in total. The van der Waals surface area contributed by atoms with Crippen molar-refractivity contribution in [2.45, 2.75) is 43.7 Å². The first-order valence-electron chi connectivity index (χ1n) is 11.9. The van der Waals surface area contributed by atoms with Gasteiger partial charge in [-0.3, -0.25) is 9.88 Å². The van der Waals surface area contributed by atoms with Crippen LogP contribution in [0.25, 0.3) is 16.7 Å². The predicted molar refractivity (Wildman–Crippen MR) is 130 cm³/mol. The first-order valence-corrected chi connectivity index (χ1v) is 11.9. The number of nitriles is 1. The highest BCUT2D eigenvalue weighted by atomic mass is 16.6. The smallest absolute Gasteiger partial charge is 0.410 e. The average Bonchev–Trinajstić information content (AvgIpc) is 3.20. The first kappa shape index (κ1) is 20.7. The summed E-state index contributed by atoms with van der Waals surface area (Å²) >= 11 is 0. The van der Waals surface area contributed by atoms with Crippen molar-refractivity contribution in [3.63, 3.8) is 0 Å². The van der Waals surface area contributed by atoms with Gasteiger partial charge in [0, 0.05) is 18.2 Å². The second-order valence-electron chi connectivity index (χ2n) is 9.27. The highest BCUT2D eigenvalue weighted by Gasteiger charge is 2.39. The normalized spacial score (nSPS) is 20.7. The van der Waals surface area contributed by atoms with Gasteiger partial charge in [0.15, 0.2) is 0 Å². The van der Waals surface area contributed by atoms with Crippen molar-refractivity contribution in [3.05, 3.63) is 95.3 Å². The summed E-state index contributed by atoms with van der Waals surface area (Å²) in [5.74, 6) is 0.0544. The third kappa shape index (κ3) is 3.38. The van der Waals surface area contributed by atoms with Gasteiger partial charge in [0.2, 0.25) is 0 Å². The van der Waals surface area contributed by atoms with Gasteiger partial charge in [-0.1, -0.05) is 54.6 Å². The molecule has 3 aliphatic rings. The Kier molecular flexibility index (Phi) is 5.15. The topological polar surface area (TPSA) is 66.2 Å². The minimum atomic E-state index is -0.242. The van der Waals surface area contributed by atoms with E-state index >= 15 is 0 Å². The number of hydrogen-bond donors (Lipinski definition) is 0. The van der Waals surface area contributed by atoms with E-state index in [1.807, 2.05) is 17.0 Å². The maximum Gasteiger partial charge on any atom is 0.410 e. The van der Waals surface area contributed by atoms with Gasteiger partial charge in [-0.15, -0.1) is 0 Å². The molecule has 0 saturated carbocycles. The second kappa shape index (κ2) is 8.46. The van der Waals surface area contributed by atoms with Crippen LogP contribution >= 0.6 is 0 Å². The van der Waals surface area contributed by atoms with E-state index in [4.69, 9.17) is 4.74 Å². The Morgan fingerprint density at radius 3 is 2.47 bits per heavy atom. The van der Waals surface area contributed by atoms with Crippen LogP contribution in [0.2, 0.25) is 0 Å². The van der Waals surface area contributed by atoms with Crippen molar-refractivity contribution < 1.29 is 9.53 Å². The molecule has 34 heavy (non-hydrogen) atoms. The highest BCUT2D eigenvalue weighted by Crippen LogP contribution is 2.45. The first-order chi connectivity index (χ1) is 16.7. The largest absolute Gasteiger partial charge is 0.448 e. The molecule has 3 heterocycles. The number of carbonyl (C=O) groups is 1. The van der Waals surface area contributed by atoms with E-state index in [-0.39, 0.29) is 24.1 Å². The lowest BCUT2D eigenvalue weighted by Gasteiger charge is -2.44. The molecular formula is C29H25N3O2. The van der Waals surface area contributed by atoms with Crippen LogP contribution in [0.1, 0.15) is 54.0 Å².